The molecule has 2 heterocycles. The summed E-state index contributed by atoms with van der Waals surface area (Å²) in [6.07, 6.45) is 0. The molecule has 0 atom stereocenters. The number of halogens is 1. The Kier molecular flexibility index (Phi) is 4.34. The topological polar surface area (TPSA) is 32.3 Å². The molecule has 138 valence electrons. The van der Waals surface area contributed by atoms with E-state index in [-0.39, 0.29) is 0 Å². The van der Waals surface area contributed by atoms with E-state index in [2.05, 4.69) is 58.3 Å². The molecular weight excluding hydrogens is 368 g/mol. The van der Waals surface area contributed by atoms with E-state index in [0.717, 1.165) is 42.4 Å². The SMILES string of the molecule is Clc1ccc2nc3c(nc2c1)N(Cc1ccccc1)CN3Cc1ccccc1. The highest BCUT2D eigenvalue weighted by molar-refractivity contribution is 6.31. The van der Waals surface area contributed by atoms with Crippen molar-refractivity contribution >= 4 is 34.3 Å². The minimum absolute atomic E-state index is 0.676. The van der Waals surface area contributed by atoms with Crippen LogP contribution in [0, 0.1) is 0 Å². The van der Waals surface area contributed by atoms with Crippen molar-refractivity contribution in [1.29, 1.82) is 0 Å². The molecule has 1 aliphatic rings. The van der Waals surface area contributed by atoms with Crippen LogP contribution in [0.4, 0.5) is 11.6 Å². The minimum atomic E-state index is 0.676. The maximum Gasteiger partial charge on any atom is 0.174 e. The summed E-state index contributed by atoms with van der Waals surface area (Å²) in [7, 11) is 0. The molecule has 5 rings (SSSR count). The number of anilines is 2. The Morgan fingerprint density at radius 3 is 1.79 bits per heavy atom. The predicted molar refractivity (Wildman–Crippen MR) is 115 cm³/mol. The fraction of sp³-hybridized carbons (Fsp3) is 0.130. The van der Waals surface area contributed by atoms with Gasteiger partial charge in [0.15, 0.2) is 11.6 Å². The van der Waals surface area contributed by atoms with Crippen molar-refractivity contribution in [3.63, 3.8) is 0 Å². The van der Waals surface area contributed by atoms with Crippen molar-refractivity contribution in [2.24, 2.45) is 0 Å². The average Bonchev–Trinajstić information content (AvgIpc) is 3.04. The van der Waals surface area contributed by atoms with Crippen molar-refractivity contribution < 1.29 is 0 Å². The molecule has 1 aliphatic heterocycles. The van der Waals surface area contributed by atoms with Crippen molar-refractivity contribution in [3.8, 4) is 0 Å². The second-order valence-corrected chi connectivity index (χ2v) is 7.45. The molecule has 0 spiro atoms. The summed E-state index contributed by atoms with van der Waals surface area (Å²) >= 11 is 6.18. The van der Waals surface area contributed by atoms with Gasteiger partial charge in [0.05, 0.1) is 17.7 Å². The summed E-state index contributed by atoms with van der Waals surface area (Å²) in [5, 5.41) is 0.676. The van der Waals surface area contributed by atoms with Crippen molar-refractivity contribution in [2.75, 3.05) is 16.5 Å². The second-order valence-electron chi connectivity index (χ2n) is 7.01. The molecule has 4 nitrogen and oxygen atoms in total. The highest BCUT2D eigenvalue weighted by Crippen LogP contribution is 2.36. The summed E-state index contributed by atoms with van der Waals surface area (Å²) in [6.45, 7) is 2.34. The van der Waals surface area contributed by atoms with Crippen LogP contribution in [-0.4, -0.2) is 16.6 Å². The van der Waals surface area contributed by atoms with Crippen molar-refractivity contribution in [3.05, 3.63) is 95.0 Å². The smallest absolute Gasteiger partial charge is 0.174 e. The highest BCUT2D eigenvalue weighted by Gasteiger charge is 2.29. The normalized spacial score (nSPS) is 13.2. The number of nitrogens with zero attached hydrogens (tertiary/aromatic N) is 4. The summed E-state index contributed by atoms with van der Waals surface area (Å²) in [5.74, 6) is 1.84. The third-order valence-corrected chi connectivity index (χ3v) is 5.20. The van der Waals surface area contributed by atoms with Crippen LogP contribution in [0.5, 0.6) is 0 Å². The van der Waals surface area contributed by atoms with E-state index in [4.69, 9.17) is 21.6 Å². The van der Waals surface area contributed by atoms with E-state index in [9.17, 15) is 0 Å². The molecule has 4 aromatic rings. The van der Waals surface area contributed by atoms with Crippen molar-refractivity contribution in [2.45, 2.75) is 13.1 Å². The summed E-state index contributed by atoms with van der Waals surface area (Å²) in [5.41, 5.74) is 4.20. The molecule has 0 saturated carbocycles. The lowest BCUT2D eigenvalue weighted by atomic mass is 10.2. The van der Waals surface area contributed by atoms with E-state index < -0.39 is 0 Å². The van der Waals surface area contributed by atoms with Crippen LogP contribution in [0.3, 0.4) is 0 Å². The lowest BCUT2D eigenvalue weighted by Gasteiger charge is -2.21. The highest BCUT2D eigenvalue weighted by atomic mass is 35.5. The first kappa shape index (κ1) is 17.0. The fourth-order valence-corrected chi connectivity index (χ4v) is 3.80. The molecular formula is C23H19ClN4. The molecule has 0 fully saturated rings. The van der Waals surface area contributed by atoms with E-state index in [0.29, 0.717) is 5.02 Å². The van der Waals surface area contributed by atoms with Gasteiger partial charge < -0.3 is 9.80 Å². The van der Waals surface area contributed by atoms with Crippen LogP contribution in [0.15, 0.2) is 78.9 Å². The van der Waals surface area contributed by atoms with Crippen molar-refractivity contribution in [1.82, 2.24) is 9.97 Å². The van der Waals surface area contributed by atoms with E-state index in [1.54, 1.807) is 0 Å². The largest absolute Gasteiger partial charge is 0.331 e. The first-order chi connectivity index (χ1) is 13.8. The van der Waals surface area contributed by atoms with Gasteiger partial charge in [-0.15, -0.1) is 0 Å². The standard InChI is InChI=1S/C23H19ClN4/c24-19-11-12-20-21(13-19)26-23-22(25-20)27(14-17-7-3-1-4-8-17)16-28(23)15-18-9-5-2-6-10-18/h1-13H,14-16H2. The van der Waals surface area contributed by atoms with Crippen LogP contribution < -0.4 is 9.80 Å². The zero-order valence-electron chi connectivity index (χ0n) is 15.3. The zero-order valence-corrected chi connectivity index (χ0v) is 16.0. The van der Waals surface area contributed by atoms with Crippen LogP contribution in [0.25, 0.3) is 11.0 Å². The molecule has 3 aromatic carbocycles. The minimum Gasteiger partial charge on any atom is -0.331 e. The second kappa shape index (κ2) is 7.13. The van der Waals surface area contributed by atoms with Crippen LogP contribution >= 0.6 is 11.6 Å². The Morgan fingerprint density at radius 2 is 1.21 bits per heavy atom. The Hall–Kier alpha value is -3.11. The monoisotopic (exact) mass is 386 g/mol. The first-order valence-electron chi connectivity index (χ1n) is 9.31. The van der Waals surface area contributed by atoms with Crippen LogP contribution in [-0.2, 0) is 13.1 Å². The Labute approximate surface area is 169 Å². The molecule has 0 saturated heterocycles. The fourth-order valence-electron chi connectivity index (χ4n) is 3.63. The van der Waals surface area contributed by atoms with Gasteiger partial charge in [-0.1, -0.05) is 72.3 Å². The number of benzene rings is 3. The maximum atomic E-state index is 6.18. The zero-order chi connectivity index (χ0) is 18.9. The first-order valence-corrected chi connectivity index (χ1v) is 9.69. The van der Waals surface area contributed by atoms with E-state index >= 15 is 0 Å². The van der Waals surface area contributed by atoms with Gasteiger partial charge in [0, 0.05) is 18.1 Å². The maximum absolute atomic E-state index is 6.18. The number of fused-ring (bicyclic) bond motifs is 2. The van der Waals surface area contributed by atoms with Gasteiger partial charge in [0.1, 0.15) is 0 Å². The molecule has 0 aliphatic carbocycles. The number of hydrogen-bond donors (Lipinski definition) is 0. The lowest BCUT2D eigenvalue weighted by molar-refractivity contribution is 0.756. The van der Waals surface area contributed by atoms with E-state index in [1.807, 2.05) is 30.3 Å². The number of hydrogen-bond acceptors (Lipinski definition) is 4. The number of aromatic nitrogens is 2. The quantitative estimate of drug-likeness (QED) is 0.478. The Bertz CT molecular complexity index is 1120. The third kappa shape index (κ3) is 3.27. The average molecular weight is 387 g/mol. The molecule has 0 bridgehead atoms. The molecule has 0 amide bonds. The van der Waals surface area contributed by atoms with Gasteiger partial charge in [0.25, 0.3) is 0 Å². The molecule has 0 N–H and O–H groups in total. The van der Waals surface area contributed by atoms with Crippen LogP contribution in [0.1, 0.15) is 11.1 Å². The van der Waals surface area contributed by atoms with Gasteiger partial charge in [-0.3, -0.25) is 0 Å². The number of rotatable bonds is 4. The molecule has 28 heavy (non-hydrogen) atoms. The van der Waals surface area contributed by atoms with Gasteiger partial charge in [-0.2, -0.15) is 0 Å². The molecule has 1 aromatic heterocycles. The van der Waals surface area contributed by atoms with Gasteiger partial charge in [-0.05, 0) is 29.3 Å². The lowest BCUT2D eigenvalue weighted by Crippen LogP contribution is -2.30. The van der Waals surface area contributed by atoms with Gasteiger partial charge in [0.2, 0.25) is 0 Å². The molecule has 0 radical (unpaired) electrons. The van der Waals surface area contributed by atoms with Gasteiger partial charge >= 0.3 is 0 Å². The third-order valence-electron chi connectivity index (χ3n) is 4.96. The molecule has 0 unspecified atom stereocenters. The summed E-state index contributed by atoms with van der Waals surface area (Å²) in [6, 6.07) is 26.6. The Morgan fingerprint density at radius 1 is 0.679 bits per heavy atom. The Balaban J connectivity index is 1.56. The molecule has 5 heteroatoms. The predicted octanol–water partition coefficient (Wildman–Crippen LogP) is 5.27. The summed E-state index contributed by atoms with van der Waals surface area (Å²) < 4.78 is 0. The van der Waals surface area contributed by atoms with Crippen LogP contribution in [0.2, 0.25) is 5.02 Å². The summed E-state index contributed by atoms with van der Waals surface area (Å²) in [4.78, 5) is 14.4. The van der Waals surface area contributed by atoms with E-state index in [1.165, 1.54) is 11.1 Å². The van der Waals surface area contributed by atoms with Gasteiger partial charge in [-0.25, -0.2) is 9.97 Å².